The van der Waals surface area contributed by atoms with E-state index >= 15 is 0 Å². The fourth-order valence-corrected chi connectivity index (χ4v) is 3.46. The van der Waals surface area contributed by atoms with Gasteiger partial charge in [-0.3, -0.25) is 4.79 Å². The maximum Gasteiger partial charge on any atom is 0.254 e. The first-order valence-electron chi connectivity index (χ1n) is 9.49. The Hall–Kier alpha value is -2.47. The topological polar surface area (TPSA) is 54.5 Å². The normalized spacial score (nSPS) is 16.6. The van der Waals surface area contributed by atoms with Gasteiger partial charge in [0.05, 0.1) is 18.8 Å². The lowest BCUT2D eigenvalue weighted by atomic mass is 9.97. The van der Waals surface area contributed by atoms with Gasteiger partial charge < -0.3 is 15.0 Å². The third kappa shape index (κ3) is 3.67. The van der Waals surface area contributed by atoms with Crippen LogP contribution in [0.4, 0.5) is 10.2 Å². The first kappa shape index (κ1) is 17.9. The van der Waals surface area contributed by atoms with E-state index in [1.807, 2.05) is 13.0 Å². The summed E-state index contributed by atoms with van der Waals surface area (Å²) in [5, 5.41) is 2.86. The van der Waals surface area contributed by atoms with Gasteiger partial charge in [0.1, 0.15) is 11.6 Å². The Balaban J connectivity index is 1.72. The van der Waals surface area contributed by atoms with E-state index in [1.54, 1.807) is 12.3 Å². The van der Waals surface area contributed by atoms with E-state index < -0.39 is 5.82 Å². The highest BCUT2D eigenvalue weighted by Gasteiger charge is 2.26. The number of nitrogens with zero attached hydrogens (tertiary/aromatic N) is 2. The first-order chi connectivity index (χ1) is 13.1. The molecule has 1 aromatic heterocycles. The van der Waals surface area contributed by atoms with E-state index in [2.05, 4.69) is 22.1 Å². The molecule has 0 unspecified atom stereocenters. The number of carbonyl (C=O) groups is 1. The molecule has 1 saturated carbocycles. The zero-order chi connectivity index (χ0) is 19.0. The molecule has 1 aliphatic heterocycles. The number of amides is 1. The van der Waals surface area contributed by atoms with Crippen LogP contribution in [0, 0.1) is 12.7 Å². The van der Waals surface area contributed by atoms with Crippen molar-refractivity contribution in [3.8, 4) is 11.1 Å². The number of nitrogens with one attached hydrogen (secondary N) is 1. The minimum absolute atomic E-state index is 0.0869. The minimum atomic E-state index is -0.488. The molecule has 0 atom stereocenters. The number of aromatic nitrogens is 1. The Morgan fingerprint density at radius 2 is 2.19 bits per heavy atom. The van der Waals surface area contributed by atoms with Gasteiger partial charge in [-0.25, -0.2) is 9.37 Å². The van der Waals surface area contributed by atoms with E-state index in [0.29, 0.717) is 13.2 Å². The Morgan fingerprint density at radius 3 is 2.93 bits per heavy atom. The summed E-state index contributed by atoms with van der Waals surface area (Å²) in [5.41, 5.74) is 3.57. The number of fused-ring (bicyclic) bond motifs is 1. The number of halogens is 1. The Bertz CT molecular complexity index is 880. The molecule has 4 rings (SSSR count). The molecule has 2 aliphatic rings. The number of hydrogen-bond acceptors (Lipinski definition) is 4. The van der Waals surface area contributed by atoms with E-state index in [0.717, 1.165) is 54.0 Å². The van der Waals surface area contributed by atoms with E-state index in [4.69, 9.17) is 4.74 Å². The molecule has 1 fully saturated rings. The van der Waals surface area contributed by atoms with Crippen LogP contribution in [0.3, 0.4) is 0 Å². The average Bonchev–Trinajstić information content (AvgIpc) is 3.47. The summed E-state index contributed by atoms with van der Waals surface area (Å²) in [4.78, 5) is 19.2. The molecule has 0 saturated heterocycles. The predicted octanol–water partition coefficient (Wildman–Crippen LogP) is 3.44. The van der Waals surface area contributed by atoms with Crippen molar-refractivity contribution < 1.29 is 13.9 Å². The van der Waals surface area contributed by atoms with Crippen molar-refractivity contribution in [2.45, 2.75) is 39.3 Å². The summed E-state index contributed by atoms with van der Waals surface area (Å²) in [6.45, 7) is 6.80. The molecule has 2 heterocycles. The van der Waals surface area contributed by atoms with Crippen molar-refractivity contribution in [3.63, 3.8) is 0 Å². The number of ether oxygens (including phenoxy) is 1. The number of hydrogen-bond donors (Lipinski definition) is 1. The zero-order valence-electron chi connectivity index (χ0n) is 15.7. The average molecular weight is 369 g/mol. The van der Waals surface area contributed by atoms with E-state index in [-0.39, 0.29) is 17.5 Å². The van der Waals surface area contributed by atoms with Crippen molar-refractivity contribution in [1.82, 2.24) is 10.3 Å². The molecule has 0 bridgehead atoms. The van der Waals surface area contributed by atoms with Gasteiger partial charge in [-0.1, -0.05) is 0 Å². The van der Waals surface area contributed by atoms with Crippen LogP contribution in [0.1, 0.15) is 41.3 Å². The summed E-state index contributed by atoms with van der Waals surface area (Å²) in [5.74, 6) is 0.0993. The van der Waals surface area contributed by atoms with E-state index in [9.17, 15) is 9.18 Å². The number of benzene rings is 1. The molecular formula is C21H24FN3O2. The molecule has 1 aliphatic carbocycles. The van der Waals surface area contributed by atoms with Gasteiger partial charge in [0.15, 0.2) is 0 Å². The fraction of sp³-hybridized carbons (Fsp3) is 0.429. The van der Waals surface area contributed by atoms with Gasteiger partial charge in [-0.2, -0.15) is 0 Å². The molecule has 0 spiro atoms. The summed E-state index contributed by atoms with van der Waals surface area (Å²) >= 11 is 0. The quantitative estimate of drug-likeness (QED) is 0.897. The van der Waals surface area contributed by atoms with Crippen LogP contribution in [-0.4, -0.2) is 36.6 Å². The molecule has 27 heavy (non-hydrogen) atoms. The summed E-state index contributed by atoms with van der Waals surface area (Å²) < 4.78 is 20.1. The Morgan fingerprint density at radius 1 is 1.37 bits per heavy atom. The zero-order valence-corrected chi connectivity index (χ0v) is 15.7. The number of anilines is 1. The van der Waals surface area contributed by atoms with Crippen molar-refractivity contribution >= 4 is 11.7 Å². The van der Waals surface area contributed by atoms with Crippen LogP contribution in [0.25, 0.3) is 11.1 Å². The van der Waals surface area contributed by atoms with Gasteiger partial charge in [0.25, 0.3) is 5.91 Å². The van der Waals surface area contributed by atoms with Gasteiger partial charge in [-0.05, 0) is 56.0 Å². The standard InChI is InChI=1S/C21H24FN3O2/c1-3-25-6-7-27-12-15-9-14(11-23-20(15)25)17-10-18(19(22)8-13(17)2)21(26)24-16-4-5-16/h8-11,16H,3-7,12H2,1-2H3,(H,24,26). The maximum absolute atomic E-state index is 14.4. The third-order valence-corrected chi connectivity index (χ3v) is 5.17. The Kier molecular flexibility index (Phi) is 4.83. The van der Waals surface area contributed by atoms with Crippen molar-refractivity contribution in [1.29, 1.82) is 0 Å². The number of aryl methyl sites for hydroxylation is 1. The maximum atomic E-state index is 14.4. The molecule has 1 amide bonds. The number of likely N-dealkylation sites (N-methyl/N-ethyl adjacent to an activating group) is 1. The molecule has 2 aromatic rings. The number of rotatable bonds is 4. The van der Waals surface area contributed by atoms with Crippen LogP contribution in [0.15, 0.2) is 24.4 Å². The predicted molar refractivity (Wildman–Crippen MR) is 102 cm³/mol. The lowest BCUT2D eigenvalue weighted by molar-refractivity contribution is 0.0947. The van der Waals surface area contributed by atoms with Gasteiger partial charge in [-0.15, -0.1) is 0 Å². The van der Waals surface area contributed by atoms with Crippen LogP contribution < -0.4 is 10.2 Å². The lowest BCUT2D eigenvalue weighted by Gasteiger charge is -2.21. The lowest BCUT2D eigenvalue weighted by Crippen LogP contribution is -2.26. The summed E-state index contributed by atoms with van der Waals surface area (Å²) in [6.07, 6.45) is 3.74. The van der Waals surface area contributed by atoms with Crippen LogP contribution in [-0.2, 0) is 11.3 Å². The molecule has 6 heteroatoms. The van der Waals surface area contributed by atoms with Crippen LogP contribution in [0.2, 0.25) is 0 Å². The van der Waals surface area contributed by atoms with Gasteiger partial charge in [0, 0.05) is 36.5 Å². The van der Waals surface area contributed by atoms with Crippen molar-refractivity contribution in [3.05, 3.63) is 46.9 Å². The third-order valence-electron chi connectivity index (χ3n) is 5.17. The minimum Gasteiger partial charge on any atom is -0.375 e. The van der Waals surface area contributed by atoms with Gasteiger partial charge >= 0.3 is 0 Å². The highest BCUT2D eigenvalue weighted by molar-refractivity contribution is 5.96. The van der Waals surface area contributed by atoms with Crippen molar-refractivity contribution in [2.75, 3.05) is 24.6 Å². The summed E-state index contributed by atoms with van der Waals surface area (Å²) in [7, 11) is 0. The monoisotopic (exact) mass is 369 g/mol. The number of carbonyl (C=O) groups excluding carboxylic acids is 1. The molecule has 1 N–H and O–H groups in total. The molecular weight excluding hydrogens is 345 g/mol. The molecule has 5 nitrogen and oxygen atoms in total. The largest absolute Gasteiger partial charge is 0.375 e. The second-order valence-corrected chi connectivity index (χ2v) is 7.23. The molecule has 1 aromatic carbocycles. The second kappa shape index (κ2) is 7.27. The smallest absolute Gasteiger partial charge is 0.254 e. The Labute approximate surface area is 158 Å². The van der Waals surface area contributed by atoms with E-state index in [1.165, 1.54) is 6.07 Å². The highest BCUT2D eigenvalue weighted by atomic mass is 19.1. The second-order valence-electron chi connectivity index (χ2n) is 7.23. The SMILES string of the molecule is CCN1CCOCc2cc(-c3cc(C(=O)NC4CC4)c(F)cc3C)cnc21. The van der Waals surface area contributed by atoms with Gasteiger partial charge in [0.2, 0.25) is 0 Å². The summed E-state index contributed by atoms with van der Waals surface area (Å²) in [6, 6.07) is 5.30. The first-order valence-corrected chi connectivity index (χ1v) is 9.49. The number of pyridine rings is 1. The van der Waals surface area contributed by atoms with Crippen molar-refractivity contribution in [2.24, 2.45) is 0 Å². The van der Waals surface area contributed by atoms with Crippen LogP contribution >= 0.6 is 0 Å². The molecule has 0 radical (unpaired) electrons. The fourth-order valence-electron chi connectivity index (χ4n) is 3.46. The molecule has 142 valence electrons. The highest BCUT2D eigenvalue weighted by Crippen LogP contribution is 2.31. The van der Waals surface area contributed by atoms with Crippen LogP contribution in [0.5, 0.6) is 0 Å².